The van der Waals surface area contributed by atoms with Crippen LogP contribution in [0, 0.1) is 0 Å². The average molecular weight is 364 g/mol. The predicted molar refractivity (Wildman–Crippen MR) is 101 cm³/mol. The number of hydrogen-bond donors (Lipinski definition) is 1. The van der Waals surface area contributed by atoms with Crippen molar-refractivity contribution < 1.29 is 14.1 Å². The minimum Gasteiger partial charge on any atom is -0.492 e. The number of nitrogens with zero attached hydrogens (tertiary/aromatic N) is 3. The van der Waals surface area contributed by atoms with Crippen molar-refractivity contribution in [2.45, 2.75) is 12.8 Å². The van der Waals surface area contributed by atoms with E-state index in [9.17, 15) is 4.79 Å². The topological polar surface area (TPSA) is 80.5 Å². The molecular weight excluding hydrogens is 344 g/mol. The molecule has 138 valence electrons. The zero-order valence-corrected chi connectivity index (χ0v) is 15.0. The van der Waals surface area contributed by atoms with Gasteiger partial charge >= 0.3 is 6.03 Å². The zero-order chi connectivity index (χ0) is 18.6. The summed E-state index contributed by atoms with van der Waals surface area (Å²) >= 11 is 0. The molecule has 0 radical (unpaired) electrons. The molecule has 1 aliphatic rings. The summed E-state index contributed by atoms with van der Waals surface area (Å²) in [4.78, 5) is 18.6. The summed E-state index contributed by atoms with van der Waals surface area (Å²) < 4.78 is 10.9. The highest BCUT2D eigenvalue weighted by Crippen LogP contribution is 2.29. The van der Waals surface area contributed by atoms with Gasteiger partial charge in [0.25, 0.3) is 0 Å². The van der Waals surface area contributed by atoms with E-state index >= 15 is 0 Å². The Morgan fingerprint density at radius 1 is 1.19 bits per heavy atom. The number of carbonyl (C=O) groups is 1. The van der Waals surface area contributed by atoms with Crippen LogP contribution < -0.4 is 10.1 Å². The van der Waals surface area contributed by atoms with E-state index in [0.717, 1.165) is 5.56 Å². The van der Waals surface area contributed by atoms with Crippen molar-refractivity contribution in [1.82, 2.24) is 15.0 Å². The fourth-order valence-electron chi connectivity index (χ4n) is 2.95. The van der Waals surface area contributed by atoms with Gasteiger partial charge in [0.1, 0.15) is 5.75 Å². The second-order valence-corrected chi connectivity index (χ2v) is 6.28. The van der Waals surface area contributed by atoms with Gasteiger partial charge < -0.3 is 19.5 Å². The summed E-state index contributed by atoms with van der Waals surface area (Å²) in [5, 5.41) is 6.93. The molecule has 2 aromatic carbocycles. The van der Waals surface area contributed by atoms with E-state index in [1.165, 1.54) is 0 Å². The SMILES string of the molecule is CCOc1ccccc1NC(=O)N1CC(c2nc(-c3ccccc3)no2)C1. The van der Waals surface area contributed by atoms with Crippen LogP contribution in [0.3, 0.4) is 0 Å². The minimum atomic E-state index is -0.166. The van der Waals surface area contributed by atoms with E-state index in [1.54, 1.807) is 4.90 Å². The molecule has 1 aromatic heterocycles. The largest absolute Gasteiger partial charge is 0.492 e. The number of urea groups is 1. The number of hydrogen-bond acceptors (Lipinski definition) is 5. The Morgan fingerprint density at radius 3 is 2.70 bits per heavy atom. The van der Waals surface area contributed by atoms with Crippen molar-refractivity contribution in [3.63, 3.8) is 0 Å². The number of rotatable bonds is 5. The first-order valence-electron chi connectivity index (χ1n) is 8.91. The van der Waals surface area contributed by atoms with E-state index < -0.39 is 0 Å². The minimum absolute atomic E-state index is 0.0582. The third-order valence-corrected chi connectivity index (χ3v) is 4.42. The molecule has 4 rings (SSSR count). The highest BCUT2D eigenvalue weighted by atomic mass is 16.5. The lowest BCUT2D eigenvalue weighted by molar-refractivity contribution is 0.147. The lowest BCUT2D eigenvalue weighted by atomic mass is 10.0. The second kappa shape index (κ2) is 7.49. The normalized spacial score (nSPS) is 13.9. The lowest BCUT2D eigenvalue weighted by Crippen LogP contribution is -2.50. The highest BCUT2D eigenvalue weighted by Gasteiger charge is 2.36. The molecule has 0 spiro atoms. The Hall–Kier alpha value is -3.35. The fourth-order valence-corrected chi connectivity index (χ4v) is 2.95. The van der Waals surface area contributed by atoms with Crippen LogP contribution in [0.2, 0.25) is 0 Å². The number of nitrogens with one attached hydrogen (secondary N) is 1. The molecule has 7 heteroatoms. The van der Waals surface area contributed by atoms with Gasteiger partial charge in [-0.05, 0) is 19.1 Å². The van der Waals surface area contributed by atoms with Crippen LogP contribution in [0.4, 0.5) is 10.5 Å². The molecule has 1 fully saturated rings. The standard InChI is InChI=1S/C20H20N4O3/c1-2-26-17-11-7-6-10-16(17)21-20(25)24-12-15(13-24)19-22-18(23-27-19)14-8-4-3-5-9-14/h3-11,15H,2,12-13H2,1H3,(H,21,25). The van der Waals surface area contributed by atoms with Gasteiger partial charge in [-0.2, -0.15) is 4.98 Å². The maximum absolute atomic E-state index is 12.4. The van der Waals surface area contributed by atoms with E-state index in [0.29, 0.717) is 42.8 Å². The second-order valence-electron chi connectivity index (χ2n) is 6.28. The Morgan fingerprint density at radius 2 is 1.93 bits per heavy atom. The Labute approximate surface area is 156 Å². The molecule has 7 nitrogen and oxygen atoms in total. The van der Waals surface area contributed by atoms with Gasteiger partial charge in [0, 0.05) is 18.7 Å². The summed E-state index contributed by atoms with van der Waals surface area (Å²) in [6.45, 7) is 3.53. The number of para-hydroxylation sites is 2. The summed E-state index contributed by atoms with van der Waals surface area (Å²) in [6, 6.07) is 16.9. The van der Waals surface area contributed by atoms with Crippen molar-refractivity contribution in [3.8, 4) is 17.1 Å². The van der Waals surface area contributed by atoms with Crippen LogP contribution in [-0.4, -0.2) is 40.8 Å². The van der Waals surface area contributed by atoms with E-state index in [1.807, 2.05) is 61.5 Å². The molecule has 1 aliphatic heterocycles. The molecule has 3 aromatic rings. The van der Waals surface area contributed by atoms with Gasteiger partial charge in [-0.15, -0.1) is 0 Å². The molecule has 27 heavy (non-hydrogen) atoms. The zero-order valence-electron chi connectivity index (χ0n) is 15.0. The molecule has 0 aliphatic carbocycles. The van der Waals surface area contributed by atoms with Crippen LogP contribution in [-0.2, 0) is 0 Å². The van der Waals surface area contributed by atoms with Crippen molar-refractivity contribution in [2.24, 2.45) is 0 Å². The number of aromatic nitrogens is 2. The summed E-state index contributed by atoms with van der Waals surface area (Å²) in [7, 11) is 0. The molecule has 0 saturated carbocycles. The third-order valence-electron chi connectivity index (χ3n) is 4.42. The predicted octanol–water partition coefficient (Wildman–Crippen LogP) is 3.77. The van der Waals surface area contributed by atoms with Crippen molar-refractivity contribution >= 4 is 11.7 Å². The van der Waals surface area contributed by atoms with Gasteiger partial charge in [0.15, 0.2) is 0 Å². The molecule has 0 bridgehead atoms. The van der Waals surface area contributed by atoms with Crippen LogP contribution in [0.1, 0.15) is 18.7 Å². The quantitative estimate of drug-likeness (QED) is 0.745. The molecule has 1 saturated heterocycles. The molecule has 0 unspecified atom stereocenters. The molecule has 1 N–H and O–H groups in total. The first-order valence-corrected chi connectivity index (χ1v) is 8.91. The Balaban J connectivity index is 1.36. The van der Waals surface area contributed by atoms with Crippen molar-refractivity contribution in [3.05, 3.63) is 60.5 Å². The van der Waals surface area contributed by atoms with Gasteiger partial charge in [0.05, 0.1) is 18.2 Å². The molecule has 0 atom stereocenters. The van der Waals surface area contributed by atoms with Crippen LogP contribution in [0.5, 0.6) is 5.75 Å². The number of anilines is 1. The Kier molecular flexibility index (Phi) is 4.74. The molecule has 2 amide bonds. The van der Waals surface area contributed by atoms with Gasteiger partial charge in [-0.3, -0.25) is 0 Å². The van der Waals surface area contributed by atoms with Crippen LogP contribution >= 0.6 is 0 Å². The van der Waals surface area contributed by atoms with E-state index in [4.69, 9.17) is 9.26 Å². The van der Waals surface area contributed by atoms with Crippen LogP contribution in [0.15, 0.2) is 59.1 Å². The summed E-state index contributed by atoms with van der Waals surface area (Å²) in [5.41, 5.74) is 1.57. The fraction of sp³-hybridized carbons (Fsp3) is 0.250. The first kappa shape index (κ1) is 17.1. The number of benzene rings is 2. The highest BCUT2D eigenvalue weighted by molar-refractivity contribution is 5.91. The Bertz CT molecular complexity index is 920. The molecule has 2 heterocycles. The molecular formula is C20H20N4O3. The number of carbonyl (C=O) groups excluding carboxylic acids is 1. The monoisotopic (exact) mass is 364 g/mol. The number of ether oxygens (including phenoxy) is 1. The van der Waals surface area contributed by atoms with Gasteiger partial charge in [-0.1, -0.05) is 47.6 Å². The van der Waals surface area contributed by atoms with Gasteiger partial charge in [-0.25, -0.2) is 4.79 Å². The maximum atomic E-state index is 12.4. The smallest absolute Gasteiger partial charge is 0.321 e. The van der Waals surface area contributed by atoms with Crippen molar-refractivity contribution in [1.29, 1.82) is 0 Å². The van der Waals surface area contributed by atoms with E-state index in [2.05, 4.69) is 15.5 Å². The summed E-state index contributed by atoms with van der Waals surface area (Å²) in [5.74, 6) is 1.85. The van der Waals surface area contributed by atoms with Crippen LogP contribution in [0.25, 0.3) is 11.4 Å². The number of likely N-dealkylation sites (tertiary alicyclic amines) is 1. The third kappa shape index (κ3) is 3.62. The average Bonchev–Trinajstić information content (AvgIpc) is 3.13. The summed E-state index contributed by atoms with van der Waals surface area (Å²) in [6.07, 6.45) is 0. The maximum Gasteiger partial charge on any atom is 0.321 e. The van der Waals surface area contributed by atoms with Gasteiger partial charge in [0.2, 0.25) is 11.7 Å². The number of amides is 2. The van der Waals surface area contributed by atoms with Crippen molar-refractivity contribution in [2.75, 3.05) is 25.0 Å². The lowest BCUT2D eigenvalue weighted by Gasteiger charge is -2.36. The first-order chi connectivity index (χ1) is 13.2. The van der Waals surface area contributed by atoms with E-state index in [-0.39, 0.29) is 11.9 Å².